The summed E-state index contributed by atoms with van der Waals surface area (Å²) in [4.78, 5) is 16.4. The molecule has 1 aliphatic rings. The van der Waals surface area contributed by atoms with Crippen LogP contribution in [-0.2, 0) is 11.2 Å². The van der Waals surface area contributed by atoms with Gasteiger partial charge in [0.1, 0.15) is 16.3 Å². The normalized spacial score (nSPS) is 18.8. The van der Waals surface area contributed by atoms with Crippen molar-refractivity contribution < 1.29 is 9.18 Å². The molecule has 6 heteroatoms. The van der Waals surface area contributed by atoms with Crippen molar-refractivity contribution in [2.45, 2.75) is 31.7 Å². The highest BCUT2D eigenvalue weighted by atomic mass is 35.5. The highest BCUT2D eigenvalue weighted by Crippen LogP contribution is 2.25. The number of ketones is 1. The number of thiazole rings is 1. The number of piperidine rings is 1. The summed E-state index contributed by atoms with van der Waals surface area (Å²) in [5.41, 5.74) is 0.381. The van der Waals surface area contributed by atoms with Crippen molar-refractivity contribution in [1.82, 2.24) is 10.3 Å². The third-order valence-corrected chi connectivity index (χ3v) is 4.46. The molecular weight excluding hydrogens is 299 g/mol. The second kappa shape index (κ2) is 6.61. The summed E-state index contributed by atoms with van der Waals surface area (Å²) < 4.78 is 14.3. The molecule has 1 aromatic carbocycles. The molecule has 3 rings (SSSR count). The number of halogens is 2. The Morgan fingerprint density at radius 3 is 3.00 bits per heavy atom. The van der Waals surface area contributed by atoms with Gasteiger partial charge in [-0.2, -0.15) is 0 Å². The summed E-state index contributed by atoms with van der Waals surface area (Å²) in [6, 6.07) is 4.86. The average molecular weight is 315 g/mol. The Morgan fingerprint density at radius 2 is 2.30 bits per heavy atom. The quantitative estimate of drug-likeness (QED) is 0.946. The molecule has 0 amide bonds. The van der Waals surface area contributed by atoms with Crippen molar-refractivity contribution >= 4 is 39.7 Å². The zero-order valence-corrected chi connectivity index (χ0v) is 12.5. The fourth-order valence-corrected chi connectivity index (χ4v) is 3.43. The van der Waals surface area contributed by atoms with Crippen LogP contribution in [0, 0.1) is 5.82 Å². The molecule has 2 heterocycles. The number of nitrogens with zero attached hydrogens (tertiary/aromatic N) is 1. The number of fused-ring (bicyclic) bond motifs is 1. The third-order valence-electron chi connectivity index (χ3n) is 3.44. The number of benzene rings is 1. The lowest BCUT2D eigenvalue weighted by atomic mass is 10.00. The van der Waals surface area contributed by atoms with Crippen LogP contribution >= 0.6 is 23.7 Å². The van der Waals surface area contributed by atoms with Crippen molar-refractivity contribution in [3.8, 4) is 0 Å². The molecule has 1 N–H and O–H groups in total. The second-order valence-corrected chi connectivity index (χ2v) is 5.95. The van der Waals surface area contributed by atoms with E-state index in [2.05, 4.69) is 10.3 Å². The van der Waals surface area contributed by atoms with Gasteiger partial charge in [-0.05, 0) is 31.5 Å². The molecule has 0 radical (unpaired) electrons. The number of para-hydroxylation sites is 1. The Kier molecular flexibility index (Phi) is 5.07. The molecule has 108 valence electrons. The number of hydrogen-bond donors (Lipinski definition) is 1. The van der Waals surface area contributed by atoms with E-state index in [9.17, 15) is 9.18 Å². The van der Waals surface area contributed by atoms with E-state index in [1.807, 2.05) is 6.07 Å². The Morgan fingerprint density at radius 1 is 1.45 bits per heavy atom. The Hall–Kier alpha value is -1.04. The minimum atomic E-state index is -0.316. The molecule has 1 fully saturated rings. The molecular formula is C14H16ClFN2OS. The summed E-state index contributed by atoms with van der Waals surface area (Å²) in [5, 5.41) is 3.94. The van der Waals surface area contributed by atoms with Crippen molar-refractivity contribution in [3.63, 3.8) is 0 Å². The van der Waals surface area contributed by atoms with Crippen LogP contribution in [0.25, 0.3) is 10.2 Å². The molecule has 0 aliphatic carbocycles. The van der Waals surface area contributed by atoms with Crippen LogP contribution in [0.4, 0.5) is 4.39 Å². The molecule has 1 saturated heterocycles. The first kappa shape index (κ1) is 15.4. The summed E-state index contributed by atoms with van der Waals surface area (Å²) in [6.07, 6.45) is 3.43. The van der Waals surface area contributed by atoms with Crippen LogP contribution in [-0.4, -0.2) is 23.4 Å². The van der Waals surface area contributed by atoms with E-state index < -0.39 is 0 Å². The van der Waals surface area contributed by atoms with Gasteiger partial charge in [-0.3, -0.25) is 4.79 Å². The summed E-state index contributed by atoms with van der Waals surface area (Å²) in [7, 11) is 0. The first-order valence-corrected chi connectivity index (χ1v) is 7.36. The average Bonchev–Trinajstić information content (AvgIpc) is 2.84. The summed E-state index contributed by atoms with van der Waals surface area (Å²) >= 11 is 1.40. The number of aromatic nitrogens is 1. The fourth-order valence-electron chi connectivity index (χ4n) is 2.44. The standard InChI is InChI=1S/C14H15FN2OS.ClH/c15-9-4-3-6-12-14(9)17-13(19-12)8-11(18)10-5-1-2-7-16-10;/h3-4,6,10,16H,1-2,5,7-8H2;1H/t10-;/m0./s1. The third kappa shape index (κ3) is 3.16. The van der Waals surface area contributed by atoms with Crippen LogP contribution < -0.4 is 5.32 Å². The number of rotatable bonds is 3. The second-order valence-electron chi connectivity index (χ2n) is 4.84. The Labute approximate surface area is 127 Å². The van der Waals surface area contributed by atoms with Gasteiger partial charge in [0.05, 0.1) is 17.2 Å². The lowest BCUT2D eigenvalue weighted by Crippen LogP contribution is -2.41. The SMILES string of the molecule is Cl.O=C(Cc1nc2c(F)cccc2s1)[C@@H]1CCCCN1. The van der Waals surface area contributed by atoms with Gasteiger partial charge in [0, 0.05) is 0 Å². The molecule has 2 aromatic rings. The molecule has 20 heavy (non-hydrogen) atoms. The number of carbonyl (C=O) groups excluding carboxylic acids is 1. The van der Waals surface area contributed by atoms with Crippen molar-refractivity contribution in [3.05, 3.63) is 29.0 Å². The Balaban J connectivity index is 0.00000147. The molecule has 0 unspecified atom stereocenters. The zero-order valence-electron chi connectivity index (χ0n) is 10.9. The van der Waals surface area contributed by atoms with Gasteiger partial charge in [-0.15, -0.1) is 23.7 Å². The Bertz CT molecular complexity index is 610. The van der Waals surface area contributed by atoms with E-state index in [1.165, 1.54) is 17.4 Å². The van der Waals surface area contributed by atoms with Gasteiger partial charge in [0.2, 0.25) is 0 Å². The minimum absolute atomic E-state index is 0. The van der Waals surface area contributed by atoms with Crippen LogP contribution in [0.2, 0.25) is 0 Å². The van der Waals surface area contributed by atoms with Gasteiger partial charge in [-0.1, -0.05) is 12.5 Å². The van der Waals surface area contributed by atoms with E-state index in [-0.39, 0.29) is 30.0 Å². The molecule has 1 aliphatic heterocycles. The first-order chi connectivity index (χ1) is 9.24. The van der Waals surface area contributed by atoms with Crippen molar-refractivity contribution in [2.24, 2.45) is 0 Å². The molecule has 0 spiro atoms. The van der Waals surface area contributed by atoms with Gasteiger partial charge in [-0.25, -0.2) is 9.37 Å². The molecule has 0 bridgehead atoms. The largest absolute Gasteiger partial charge is 0.307 e. The lowest BCUT2D eigenvalue weighted by molar-refractivity contribution is -0.120. The monoisotopic (exact) mass is 314 g/mol. The van der Waals surface area contributed by atoms with Gasteiger partial charge in [0.25, 0.3) is 0 Å². The van der Waals surface area contributed by atoms with Crippen molar-refractivity contribution in [2.75, 3.05) is 6.54 Å². The van der Waals surface area contributed by atoms with Crippen LogP contribution in [0.1, 0.15) is 24.3 Å². The zero-order chi connectivity index (χ0) is 13.2. The molecule has 1 aromatic heterocycles. The fraction of sp³-hybridized carbons (Fsp3) is 0.429. The highest BCUT2D eigenvalue weighted by molar-refractivity contribution is 7.18. The maximum absolute atomic E-state index is 13.5. The van der Waals surface area contributed by atoms with E-state index >= 15 is 0 Å². The first-order valence-electron chi connectivity index (χ1n) is 6.54. The van der Waals surface area contributed by atoms with Gasteiger partial charge >= 0.3 is 0 Å². The van der Waals surface area contributed by atoms with E-state index in [1.54, 1.807) is 6.07 Å². The van der Waals surface area contributed by atoms with Crippen LogP contribution in [0.5, 0.6) is 0 Å². The maximum Gasteiger partial charge on any atom is 0.156 e. The number of Topliss-reactive ketones (excluding diaryl/α,β-unsaturated/α-hetero) is 1. The number of carbonyl (C=O) groups is 1. The van der Waals surface area contributed by atoms with E-state index in [0.29, 0.717) is 16.9 Å². The van der Waals surface area contributed by atoms with Crippen LogP contribution in [0.15, 0.2) is 18.2 Å². The van der Waals surface area contributed by atoms with Gasteiger partial charge in [0.15, 0.2) is 5.78 Å². The van der Waals surface area contributed by atoms with Crippen molar-refractivity contribution in [1.29, 1.82) is 0 Å². The highest BCUT2D eigenvalue weighted by Gasteiger charge is 2.21. The van der Waals surface area contributed by atoms with Crippen LogP contribution in [0.3, 0.4) is 0 Å². The van der Waals surface area contributed by atoms with E-state index in [4.69, 9.17) is 0 Å². The minimum Gasteiger partial charge on any atom is -0.307 e. The molecule has 0 saturated carbocycles. The smallest absolute Gasteiger partial charge is 0.156 e. The maximum atomic E-state index is 13.5. The van der Waals surface area contributed by atoms with Gasteiger partial charge < -0.3 is 5.32 Å². The topological polar surface area (TPSA) is 42.0 Å². The van der Waals surface area contributed by atoms with E-state index in [0.717, 1.165) is 30.5 Å². The number of nitrogens with one attached hydrogen (secondary N) is 1. The predicted molar refractivity (Wildman–Crippen MR) is 81.2 cm³/mol. The predicted octanol–water partition coefficient (Wildman–Crippen LogP) is 3.11. The summed E-state index contributed by atoms with van der Waals surface area (Å²) in [5.74, 6) is -0.151. The molecule has 3 nitrogen and oxygen atoms in total. The summed E-state index contributed by atoms with van der Waals surface area (Å²) in [6.45, 7) is 0.908. The lowest BCUT2D eigenvalue weighted by Gasteiger charge is -2.21. The molecule has 1 atom stereocenters. The number of hydrogen-bond acceptors (Lipinski definition) is 4.